The summed E-state index contributed by atoms with van der Waals surface area (Å²) in [6.45, 7) is 0. The van der Waals surface area contributed by atoms with Crippen LogP contribution in [0.25, 0.3) is 0 Å². The van der Waals surface area contributed by atoms with Gasteiger partial charge in [0.15, 0.2) is 0 Å². The smallest absolute Gasteiger partial charge is 0.224 e. The van der Waals surface area contributed by atoms with E-state index in [1.54, 1.807) is 18.0 Å². The third-order valence-electron chi connectivity index (χ3n) is 4.52. The Morgan fingerprint density at radius 1 is 1.50 bits per heavy atom. The molecule has 1 unspecified atom stereocenters. The van der Waals surface area contributed by atoms with E-state index < -0.39 is 0 Å². The first-order valence-electron chi connectivity index (χ1n) is 8.14. The molecule has 0 bridgehead atoms. The maximum absolute atomic E-state index is 12.5. The van der Waals surface area contributed by atoms with E-state index in [9.17, 15) is 9.90 Å². The second-order valence-electron chi connectivity index (χ2n) is 6.41. The number of aliphatic hydroxyl groups excluding tert-OH is 1. The van der Waals surface area contributed by atoms with Gasteiger partial charge in [-0.2, -0.15) is 5.10 Å². The lowest BCUT2D eigenvalue weighted by Crippen LogP contribution is -2.41. The van der Waals surface area contributed by atoms with Crippen LogP contribution in [-0.4, -0.2) is 34.0 Å². The molecule has 6 heteroatoms. The zero-order valence-electron chi connectivity index (χ0n) is 14.0. The third kappa shape index (κ3) is 3.76. The number of amides is 1. The van der Waals surface area contributed by atoms with Crippen molar-refractivity contribution < 1.29 is 14.6 Å². The van der Waals surface area contributed by atoms with Gasteiger partial charge in [0.2, 0.25) is 5.91 Å². The zero-order chi connectivity index (χ0) is 17.1. The second kappa shape index (κ2) is 7.05. The van der Waals surface area contributed by atoms with Gasteiger partial charge in [0.25, 0.3) is 0 Å². The largest absolute Gasteiger partial charge is 0.497 e. The van der Waals surface area contributed by atoms with Gasteiger partial charge in [0.05, 0.1) is 31.9 Å². The minimum atomic E-state index is -0.260. The van der Waals surface area contributed by atoms with Crippen LogP contribution in [0.3, 0.4) is 0 Å². The minimum absolute atomic E-state index is 0.0431. The Labute approximate surface area is 141 Å². The van der Waals surface area contributed by atoms with Crippen molar-refractivity contribution in [1.82, 2.24) is 15.1 Å². The van der Waals surface area contributed by atoms with E-state index in [0.29, 0.717) is 19.3 Å². The molecule has 2 N–H and O–H groups in total. The van der Waals surface area contributed by atoms with Crippen molar-refractivity contribution in [2.45, 2.75) is 31.4 Å². The molecule has 6 nitrogen and oxygen atoms in total. The standard InChI is InChI=1S/C18H23N3O3/c1-21-11-14(10-19-21)18(13-8-15(22)9-13)20-17(23)7-12-4-3-5-16(6-12)24-2/h3-6,10-11,13,15,18,22H,7-9H2,1-2H3,(H,20,23). The van der Waals surface area contributed by atoms with Crippen LogP contribution >= 0.6 is 0 Å². The summed E-state index contributed by atoms with van der Waals surface area (Å²) >= 11 is 0. The number of nitrogens with zero attached hydrogens (tertiary/aromatic N) is 2. The van der Waals surface area contributed by atoms with Crippen LogP contribution in [-0.2, 0) is 18.3 Å². The molecule has 0 aliphatic heterocycles. The number of nitrogens with one attached hydrogen (secondary N) is 1. The van der Waals surface area contributed by atoms with Gasteiger partial charge in [-0.1, -0.05) is 12.1 Å². The average molecular weight is 329 g/mol. The predicted molar refractivity (Wildman–Crippen MR) is 89.5 cm³/mol. The lowest BCUT2D eigenvalue weighted by molar-refractivity contribution is -0.122. The van der Waals surface area contributed by atoms with E-state index in [4.69, 9.17) is 4.74 Å². The Balaban J connectivity index is 1.68. The molecule has 1 amide bonds. The van der Waals surface area contributed by atoms with E-state index in [2.05, 4.69) is 10.4 Å². The normalized spacial score (nSPS) is 21.0. The Kier molecular flexibility index (Phi) is 4.85. The first-order chi connectivity index (χ1) is 11.5. The zero-order valence-corrected chi connectivity index (χ0v) is 14.0. The van der Waals surface area contributed by atoms with Crippen molar-refractivity contribution in [1.29, 1.82) is 0 Å². The molecule has 2 aromatic rings. The molecule has 0 spiro atoms. The van der Waals surface area contributed by atoms with Gasteiger partial charge in [0, 0.05) is 18.8 Å². The van der Waals surface area contributed by atoms with E-state index >= 15 is 0 Å². The highest BCUT2D eigenvalue weighted by atomic mass is 16.5. The third-order valence-corrected chi connectivity index (χ3v) is 4.52. The van der Waals surface area contributed by atoms with Gasteiger partial charge in [-0.05, 0) is 36.5 Å². The maximum atomic E-state index is 12.5. The van der Waals surface area contributed by atoms with Crippen molar-refractivity contribution in [3.05, 3.63) is 47.8 Å². The van der Waals surface area contributed by atoms with Gasteiger partial charge in [-0.25, -0.2) is 0 Å². The van der Waals surface area contributed by atoms with E-state index in [0.717, 1.165) is 16.9 Å². The molecule has 1 atom stereocenters. The average Bonchev–Trinajstić information content (AvgIpc) is 2.96. The van der Waals surface area contributed by atoms with Crippen LogP contribution in [0.15, 0.2) is 36.7 Å². The van der Waals surface area contributed by atoms with Crippen molar-refractivity contribution in [2.24, 2.45) is 13.0 Å². The summed E-state index contributed by atoms with van der Waals surface area (Å²) in [5.41, 5.74) is 1.89. The summed E-state index contributed by atoms with van der Waals surface area (Å²) in [6, 6.07) is 7.40. The van der Waals surface area contributed by atoms with Crippen LogP contribution in [0.5, 0.6) is 5.75 Å². The molecule has 1 aromatic heterocycles. The molecule has 1 aliphatic rings. The Hall–Kier alpha value is -2.34. The minimum Gasteiger partial charge on any atom is -0.497 e. The lowest BCUT2D eigenvalue weighted by Gasteiger charge is -2.37. The Morgan fingerprint density at radius 3 is 2.92 bits per heavy atom. The van der Waals surface area contributed by atoms with Crippen LogP contribution in [0.1, 0.15) is 30.0 Å². The monoisotopic (exact) mass is 329 g/mol. The van der Waals surface area contributed by atoms with E-state index in [1.165, 1.54) is 0 Å². The van der Waals surface area contributed by atoms with Gasteiger partial charge in [-0.3, -0.25) is 9.48 Å². The van der Waals surface area contributed by atoms with Crippen molar-refractivity contribution >= 4 is 5.91 Å². The van der Waals surface area contributed by atoms with Crippen LogP contribution in [0.4, 0.5) is 0 Å². The lowest BCUT2D eigenvalue weighted by atomic mass is 9.75. The first-order valence-corrected chi connectivity index (χ1v) is 8.14. The summed E-state index contributed by atoms with van der Waals surface area (Å²) in [7, 11) is 3.47. The van der Waals surface area contributed by atoms with Gasteiger partial charge < -0.3 is 15.2 Å². The molecule has 24 heavy (non-hydrogen) atoms. The number of methoxy groups -OCH3 is 1. The quantitative estimate of drug-likeness (QED) is 0.844. The van der Waals surface area contributed by atoms with Crippen LogP contribution in [0.2, 0.25) is 0 Å². The molecule has 1 heterocycles. The number of rotatable bonds is 6. The molecule has 0 saturated heterocycles. The number of hydrogen-bond acceptors (Lipinski definition) is 4. The van der Waals surface area contributed by atoms with E-state index in [-0.39, 0.29) is 24.0 Å². The summed E-state index contributed by atoms with van der Waals surface area (Å²) in [5, 5.41) is 16.9. The highest BCUT2D eigenvalue weighted by molar-refractivity contribution is 5.79. The number of aryl methyl sites for hydroxylation is 1. The second-order valence-corrected chi connectivity index (χ2v) is 6.41. The summed E-state index contributed by atoms with van der Waals surface area (Å²) in [4.78, 5) is 12.5. The Bertz CT molecular complexity index is 707. The number of aromatic nitrogens is 2. The highest BCUT2D eigenvalue weighted by Crippen LogP contribution is 2.38. The molecule has 1 saturated carbocycles. The molecule has 128 valence electrons. The van der Waals surface area contributed by atoms with Gasteiger partial charge in [0.1, 0.15) is 5.75 Å². The molecular weight excluding hydrogens is 306 g/mol. The van der Waals surface area contributed by atoms with Crippen molar-refractivity contribution in [3.8, 4) is 5.75 Å². The molecule has 0 radical (unpaired) electrons. The van der Waals surface area contributed by atoms with Crippen LogP contribution in [0, 0.1) is 5.92 Å². The fourth-order valence-electron chi connectivity index (χ4n) is 3.17. The molecule has 1 aliphatic carbocycles. The molecule has 3 rings (SSSR count). The van der Waals surface area contributed by atoms with Gasteiger partial charge in [-0.15, -0.1) is 0 Å². The number of carbonyl (C=O) groups is 1. The number of carbonyl (C=O) groups excluding carboxylic acids is 1. The van der Waals surface area contributed by atoms with Crippen LogP contribution < -0.4 is 10.1 Å². The predicted octanol–water partition coefficient (Wildman–Crippen LogP) is 1.60. The number of aliphatic hydroxyl groups is 1. The molecule has 1 aromatic carbocycles. The van der Waals surface area contributed by atoms with E-state index in [1.807, 2.05) is 37.5 Å². The van der Waals surface area contributed by atoms with Crippen molar-refractivity contribution in [2.75, 3.05) is 7.11 Å². The topological polar surface area (TPSA) is 76.4 Å². The number of hydrogen-bond donors (Lipinski definition) is 2. The SMILES string of the molecule is COc1cccc(CC(=O)NC(c2cnn(C)c2)C2CC(O)C2)c1. The fourth-order valence-corrected chi connectivity index (χ4v) is 3.17. The Morgan fingerprint density at radius 2 is 2.29 bits per heavy atom. The molecule has 1 fully saturated rings. The first kappa shape index (κ1) is 16.5. The van der Waals surface area contributed by atoms with Crippen molar-refractivity contribution in [3.63, 3.8) is 0 Å². The summed E-state index contributed by atoms with van der Waals surface area (Å²) < 4.78 is 6.92. The van der Waals surface area contributed by atoms with Gasteiger partial charge >= 0.3 is 0 Å². The molecular formula is C18H23N3O3. The number of benzene rings is 1. The maximum Gasteiger partial charge on any atom is 0.224 e. The number of ether oxygens (including phenoxy) is 1. The highest BCUT2D eigenvalue weighted by Gasteiger charge is 2.36. The summed E-state index contributed by atoms with van der Waals surface area (Å²) in [6.07, 6.45) is 5.15. The summed E-state index contributed by atoms with van der Waals surface area (Å²) in [5.74, 6) is 0.947. The fraction of sp³-hybridized carbons (Fsp3) is 0.444.